The second-order valence-corrected chi connectivity index (χ2v) is 9.04. The third-order valence-corrected chi connectivity index (χ3v) is 6.06. The standard InChI is InChI=1S/C30H34O11/c1-6-25(31)36-18-14-21(38-27(33)8-3)19-16-24(40-29(35)10-5)30(41-22(19)15-18)17-11-12-20(37-26(32)7-2)23(13-17)39-28(34)9-4/h11-15,24,30H,6-10,16H2,1-5H3/t24?,30-/m1/s1. The predicted octanol–water partition coefficient (Wildman–Crippen LogP) is 4.95. The van der Waals surface area contributed by atoms with Crippen molar-refractivity contribution in [2.75, 3.05) is 0 Å². The molecule has 3 rings (SSSR count). The lowest BCUT2D eigenvalue weighted by Crippen LogP contribution is -2.35. The Bertz CT molecular complexity index is 1310. The molecule has 2 aromatic carbocycles. The van der Waals surface area contributed by atoms with Crippen LogP contribution in [0.25, 0.3) is 0 Å². The molecule has 0 fully saturated rings. The summed E-state index contributed by atoms with van der Waals surface area (Å²) < 4.78 is 33.7. The van der Waals surface area contributed by atoms with E-state index in [0.717, 1.165) is 0 Å². The summed E-state index contributed by atoms with van der Waals surface area (Å²) in [5.74, 6) is -2.07. The molecule has 11 nitrogen and oxygen atoms in total. The minimum absolute atomic E-state index is 0.00527. The molecule has 2 aromatic rings. The maximum Gasteiger partial charge on any atom is 0.311 e. The zero-order chi connectivity index (χ0) is 30.1. The largest absolute Gasteiger partial charge is 0.481 e. The van der Waals surface area contributed by atoms with E-state index in [-0.39, 0.29) is 67.3 Å². The lowest BCUT2D eigenvalue weighted by atomic mass is 9.93. The van der Waals surface area contributed by atoms with Crippen LogP contribution < -0.4 is 23.7 Å². The molecule has 220 valence electrons. The summed E-state index contributed by atoms with van der Waals surface area (Å²) in [5.41, 5.74) is 0.891. The van der Waals surface area contributed by atoms with Crippen molar-refractivity contribution in [2.24, 2.45) is 0 Å². The van der Waals surface area contributed by atoms with Crippen LogP contribution in [0.1, 0.15) is 84.0 Å². The first-order chi connectivity index (χ1) is 19.6. The van der Waals surface area contributed by atoms with Gasteiger partial charge in [0, 0.05) is 61.8 Å². The number of esters is 5. The molecule has 0 spiro atoms. The number of hydrogen-bond donors (Lipinski definition) is 0. The first kappa shape index (κ1) is 31.1. The van der Waals surface area contributed by atoms with Crippen molar-refractivity contribution in [2.45, 2.75) is 85.4 Å². The molecule has 0 saturated carbocycles. The molecule has 0 radical (unpaired) electrons. The van der Waals surface area contributed by atoms with E-state index >= 15 is 0 Å². The molecular formula is C30H34O11. The number of rotatable bonds is 11. The van der Waals surface area contributed by atoms with Crippen LogP contribution in [0, 0.1) is 0 Å². The van der Waals surface area contributed by atoms with Gasteiger partial charge in [-0.05, 0) is 12.1 Å². The molecule has 41 heavy (non-hydrogen) atoms. The quantitative estimate of drug-likeness (QED) is 0.268. The minimum Gasteiger partial charge on any atom is -0.481 e. The smallest absolute Gasteiger partial charge is 0.311 e. The van der Waals surface area contributed by atoms with Gasteiger partial charge in [-0.15, -0.1) is 0 Å². The van der Waals surface area contributed by atoms with E-state index in [9.17, 15) is 24.0 Å². The van der Waals surface area contributed by atoms with E-state index in [1.54, 1.807) is 40.7 Å². The van der Waals surface area contributed by atoms with E-state index in [1.165, 1.54) is 24.3 Å². The van der Waals surface area contributed by atoms with Gasteiger partial charge in [0.15, 0.2) is 17.6 Å². The highest BCUT2D eigenvalue weighted by molar-refractivity contribution is 5.77. The Labute approximate surface area is 238 Å². The van der Waals surface area contributed by atoms with Crippen molar-refractivity contribution in [3.63, 3.8) is 0 Å². The molecular weight excluding hydrogens is 536 g/mol. The van der Waals surface area contributed by atoms with Crippen molar-refractivity contribution >= 4 is 29.8 Å². The highest BCUT2D eigenvalue weighted by Gasteiger charge is 2.37. The van der Waals surface area contributed by atoms with Crippen LogP contribution >= 0.6 is 0 Å². The normalized spacial score (nSPS) is 15.5. The number of fused-ring (bicyclic) bond motifs is 1. The average Bonchev–Trinajstić information content (AvgIpc) is 2.97. The maximum atomic E-state index is 12.4. The average molecular weight is 571 g/mol. The van der Waals surface area contributed by atoms with Crippen molar-refractivity contribution in [3.8, 4) is 28.7 Å². The molecule has 0 bridgehead atoms. The molecule has 1 heterocycles. The van der Waals surface area contributed by atoms with E-state index in [1.807, 2.05) is 0 Å². The highest BCUT2D eigenvalue weighted by atomic mass is 16.6. The van der Waals surface area contributed by atoms with E-state index in [4.69, 9.17) is 28.4 Å². The highest BCUT2D eigenvalue weighted by Crippen LogP contribution is 2.45. The Kier molecular flexibility index (Phi) is 10.8. The molecule has 1 unspecified atom stereocenters. The number of benzene rings is 2. The first-order valence-electron chi connectivity index (χ1n) is 13.6. The summed E-state index contributed by atoms with van der Waals surface area (Å²) in [7, 11) is 0. The Morgan fingerprint density at radius 3 is 1.78 bits per heavy atom. The Morgan fingerprint density at radius 2 is 1.20 bits per heavy atom. The van der Waals surface area contributed by atoms with Crippen LogP contribution in [-0.2, 0) is 35.1 Å². The molecule has 0 saturated heterocycles. The van der Waals surface area contributed by atoms with Gasteiger partial charge in [0.05, 0.1) is 0 Å². The van der Waals surface area contributed by atoms with Crippen molar-refractivity contribution in [1.82, 2.24) is 0 Å². The van der Waals surface area contributed by atoms with Crippen molar-refractivity contribution < 1.29 is 52.4 Å². The number of carbonyl (C=O) groups excluding carboxylic acids is 5. The maximum absolute atomic E-state index is 12.4. The predicted molar refractivity (Wildman–Crippen MR) is 144 cm³/mol. The van der Waals surface area contributed by atoms with Gasteiger partial charge in [-0.2, -0.15) is 0 Å². The second-order valence-electron chi connectivity index (χ2n) is 9.04. The van der Waals surface area contributed by atoms with Gasteiger partial charge in [-0.3, -0.25) is 24.0 Å². The van der Waals surface area contributed by atoms with Gasteiger partial charge >= 0.3 is 29.8 Å². The summed E-state index contributed by atoms with van der Waals surface area (Å²) in [6.45, 7) is 8.18. The lowest BCUT2D eigenvalue weighted by molar-refractivity contribution is -0.155. The lowest BCUT2D eigenvalue weighted by Gasteiger charge is -2.34. The summed E-state index contributed by atoms with van der Waals surface area (Å²) in [6, 6.07) is 7.46. The zero-order valence-electron chi connectivity index (χ0n) is 23.8. The van der Waals surface area contributed by atoms with Gasteiger partial charge in [0.2, 0.25) is 0 Å². The van der Waals surface area contributed by atoms with Crippen LogP contribution in [0.2, 0.25) is 0 Å². The van der Waals surface area contributed by atoms with Gasteiger partial charge in [-0.1, -0.05) is 40.7 Å². The van der Waals surface area contributed by atoms with Crippen molar-refractivity contribution in [3.05, 3.63) is 41.5 Å². The van der Waals surface area contributed by atoms with Crippen LogP contribution in [0.15, 0.2) is 30.3 Å². The minimum atomic E-state index is -0.917. The third-order valence-electron chi connectivity index (χ3n) is 6.06. The van der Waals surface area contributed by atoms with Gasteiger partial charge < -0.3 is 28.4 Å². The molecule has 1 aliphatic heterocycles. The van der Waals surface area contributed by atoms with E-state index in [0.29, 0.717) is 11.1 Å². The monoisotopic (exact) mass is 570 g/mol. The fourth-order valence-corrected chi connectivity index (χ4v) is 3.87. The number of carbonyl (C=O) groups is 5. The Hall–Kier alpha value is -4.41. The fraction of sp³-hybridized carbons (Fsp3) is 0.433. The second kappa shape index (κ2) is 14.3. The van der Waals surface area contributed by atoms with Crippen LogP contribution in [0.3, 0.4) is 0 Å². The van der Waals surface area contributed by atoms with E-state index < -0.39 is 42.1 Å². The first-order valence-corrected chi connectivity index (χ1v) is 13.6. The van der Waals surface area contributed by atoms with Gasteiger partial charge in [-0.25, -0.2) is 0 Å². The van der Waals surface area contributed by atoms with Crippen molar-refractivity contribution in [1.29, 1.82) is 0 Å². The van der Waals surface area contributed by atoms with Crippen LogP contribution in [0.4, 0.5) is 0 Å². The fourth-order valence-electron chi connectivity index (χ4n) is 3.87. The molecule has 2 atom stereocenters. The topological polar surface area (TPSA) is 141 Å². The molecule has 1 aliphatic rings. The Morgan fingerprint density at radius 1 is 0.659 bits per heavy atom. The van der Waals surface area contributed by atoms with Crippen LogP contribution in [-0.4, -0.2) is 36.0 Å². The molecule has 0 N–H and O–H groups in total. The van der Waals surface area contributed by atoms with Gasteiger partial charge in [0.25, 0.3) is 0 Å². The van der Waals surface area contributed by atoms with Gasteiger partial charge in [0.1, 0.15) is 23.4 Å². The molecule has 0 aromatic heterocycles. The third kappa shape index (κ3) is 8.06. The number of ether oxygens (including phenoxy) is 6. The molecule has 0 aliphatic carbocycles. The summed E-state index contributed by atoms with van der Waals surface area (Å²) in [5, 5.41) is 0. The summed E-state index contributed by atoms with van der Waals surface area (Å²) in [4.78, 5) is 60.7. The zero-order valence-corrected chi connectivity index (χ0v) is 23.8. The summed E-state index contributed by atoms with van der Waals surface area (Å²) in [6.07, 6.45) is -1.20. The van der Waals surface area contributed by atoms with Crippen LogP contribution in [0.5, 0.6) is 28.7 Å². The number of hydrogen-bond acceptors (Lipinski definition) is 11. The summed E-state index contributed by atoms with van der Waals surface area (Å²) >= 11 is 0. The Balaban J connectivity index is 2.12. The SMILES string of the molecule is CCC(=O)Oc1cc(OC(=O)CC)c2c(c1)O[C@H](c1ccc(OC(=O)CC)c(OC(=O)CC)c1)C(OC(=O)CC)C2. The van der Waals surface area contributed by atoms with E-state index in [2.05, 4.69) is 0 Å². The molecule has 0 amide bonds. The molecule has 11 heteroatoms.